The van der Waals surface area contributed by atoms with Crippen molar-refractivity contribution in [3.63, 3.8) is 0 Å². The first-order chi connectivity index (χ1) is 9.49. The highest BCUT2D eigenvalue weighted by Gasteiger charge is 2.14. The predicted molar refractivity (Wildman–Crippen MR) is 76.6 cm³/mol. The molecule has 1 aromatic heterocycles. The average Bonchev–Trinajstić information content (AvgIpc) is 2.38. The third kappa shape index (κ3) is 4.45. The van der Waals surface area contributed by atoms with Crippen LogP contribution in [0.4, 0.5) is 0 Å². The quantitative estimate of drug-likeness (QED) is 0.764. The van der Waals surface area contributed by atoms with E-state index in [0.29, 0.717) is 43.0 Å². The lowest BCUT2D eigenvalue weighted by Crippen LogP contribution is -2.33. The Kier molecular flexibility index (Phi) is 6.38. The highest BCUT2D eigenvalue weighted by Crippen LogP contribution is 2.05. The number of H-pyrrole nitrogens is 1. The fourth-order valence-corrected chi connectivity index (χ4v) is 2.16. The maximum atomic E-state index is 12.1. The van der Waals surface area contributed by atoms with Crippen LogP contribution in [-0.2, 0) is 11.2 Å². The number of carbonyl (C=O) groups is 1. The van der Waals surface area contributed by atoms with Gasteiger partial charge in [-0.05, 0) is 33.6 Å². The zero-order chi connectivity index (χ0) is 15.1. The van der Waals surface area contributed by atoms with Gasteiger partial charge in [0.25, 0.3) is 5.56 Å². The molecule has 1 rings (SSSR count). The molecule has 1 heterocycles. The number of carbonyl (C=O) groups excluding carboxylic acids is 1. The highest BCUT2D eigenvalue weighted by atomic mass is 16.3. The molecule has 0 saturated carbocycles. The molecule has 0 unspecified atom stereocenters. The number of aromatic amines is 1. The zero-order valence-corrected chi connectivity index (χ0v) is 12.4. The molecule has 0 aliphatic heterocycles. The van der Waals surface area contributed by atoms with Crippen molar-refractivity contribution in [1.29, 1.82) is 0 Å². The van der Waals surface area contributed by atoms with E-state index in [0.717, 1.165) is 0 Å². The predicted octanol–water partition coefficient (Wildman–Crippen LogP) is 0.550. The van der Waals surface area contributed by atoms with Crippen LogP contribution >= 0.6 is 0 Å². The Morgan fingerprint density at radius 1 is 1.40 bits per heavy atom. The minimum Gasteiger partial charge on any atom is -0.396 e. The number of hydrogen-bond donors (Lipinski definition) is 2. The second kappa shape index (κ2) is 7.79. The molecule has 112 valence electrons. The smallest absolute Gasteiger partial charge is 0.254 e. The van der Waals surface area contributed by atoms with E-state index in [9.17, 15) is 9.59 Å². The SMILES string of the molecule is CCN(CCCO)C(=O)CCc1c(C)nc(C)[nH]c1=O. The molecule has 0 radical (unpaired) electrons. The van der Waals surface area contributed by atoms with Gasteiger partial charge < -0.3 is 15.0 Å². The highest BCUT2D eigenvalue weighted by molar-refractivity contribution is 5.76. The second-order valence-electron chi connectivity index (χ2n) is 4.77. The Hall–Kier alpha value is -1.69. The zero-order valence-electron chi connectivity index (χ0n) is 12.4. The first kappa shape index (κ1) is 16.4. The van der Waals surface area contributed by atoms with Crippen LogP contribution in [-0.4, -0.2) is 45.6 Å². The van der Waals surface area contributed by atoms with Crippen molar-refractivity contribution in [1.82, 2.24) is 14.9 Å². The van der Waals surface area contributed by atoms with E-state index in [1.54, 1.807) is 18.7 Å². The molecule has 6 heteroatoms. The number of rotatable bonds is 7. The van der Waals surface area contributed by atoms with Gasteiger partial charge in [0, 0.05) is 37.4 Å². The number of amides is 1. The normalized spacial score (nSPS) is 10.6. The summed E-state index contributed by atoms with van der Waals surface area (Å²) in [7, 11) is 0. The molecule has 0 bridgehead atoms. The molecule has 20 heavy (non-hydrogen) atoms. The molecular formula is C14H23N3O3. The number of nitrogens with zero attached hydrogens (tertiary/aromatic N) is 2. The van der Waals surface area contributed by atoms with Crippen LogP contribution in [0, 0.1) is 13.8 Å². The summed E-state index contributed by atoms with van der Waals surface area (Å²) in [4.78, 5) is 32.5. The monoisotopic (exact) mass is 281 g/mol. The summed E-state index contributed by atoms with van der Waals surface area (Å²) in [5.41, 5.74) is 1.08. The van der Waals surface area contributed by atoms with E-state index in [4.69, 9.17) is 5.11 Å². The number of hydrogen-bond acceptors (Lipinski definition) is 4. The molecule has 0 spiro atoms. The molecule has 0 aromatic carbocycles. The molecular weight excluding hydrogens is 258 g/mol. The lowest BCUT2D eigenvalue weighted by molar-refractivity contribution is -0.131. The first-order valence-electron chi connectivity index (χ1n) is 6.94. The Bertz CT molecular complexity index is 511. The summed E-state index contributed by atoms with van der Waals surface area (Å²) in [6, 6.07) is 0. The third-order valence-corrected chi connectivity index (χ3v) is 3.25. The fraction of sp³-hybridized carbons (Fsp3) is 0.643. The van der Waals surface area contributed by atoms with Crippen LogP contribution in [0.25, 0.3) is 0 Å². The van der Waals surface area contributed by atoms with Crippen LogP contribution < -0.4 is 5.56 Å². The van der Waals surface area contributed by atoms with Gasteiger partial charge in [0.05, 0.1) is 0 Å². The minimum absolute atomic E-state index is 0.000301. The Labute approximate surface area is 118 Å². The molecule has 6 nitrogen and oxygen atoms in total. The Balaban J connectivity index is 2.67. The maximum absolute atomic E-state index is 12.1. The fourth-order valence-electron chi connectivity index (χ4n) is 2.16. The summed E-state index contributed by atoms with van der Waals surface area (Å²) in [5.74, 6) is 0.584. The van der Waals surface area contributed by atoms with Crippen LogP contribution in [0.3, 0.4) is 0 Å². The minimum atomic E-state index is -0.166. The van der Waals surface area contributed by atoms with Gasteiger partial charge in [-0.1, -0.05) is 0 Å². The molecule has 0 aliphatic carbocycles. The number of aryl methyl sites for hydroxylation is 2. The molecule has 0 atom stereocenters. The van der Waals surface area contributed by atoms with Gasteiger partial charge in [0.2, 0.25) is 5.91 Å². The van der Waals surface area contributed by atoms with Crippen molar-refractivity contribution in [2.45, 2.75) is 40.0 Å². The number of nitrogens with one attached hydrogen (secondary N) is 1. The number of aromatic nitrogens is 2. The van der Waals surface area contributed by atoms with Crippen molar-refractivity contribution in [2.75, 3.05) is 19.7 Å². The van der Waals surface area contributed by atoms with Crippen molar-refractivity contribution >= 4 is 5.91 Å². The topological polar surface area (TPSA) is 86.3 Å². The summed E-state index contributed by atoms with van der Waals surface area (Å²) in [6.07, 6.45) is 1.25. The van der Waals surface area contributed by atoms with Crippen molar-refractivity contribution in [3.8, 4) is 0 Å². The van der Waals surface area contributed by atoms with Crippen LogP contribution in [0.5, 0.6) is 0 Å². The molecule has 1 amide bonds. The molecule has 1 aromatic rings. The van der Waals surface area contributed by atoms with E-state index >= 15 is 0 Å². The number of aliphatic hydroxyl groups excluding tert-OH is 1. The Morgan fingerprint density at radius 2 is 2.10 bits per heavy atom. The van der Waals surface area contributed by atoms with E-state index < -0.39 is 0 Å². The van der Waals surface area contributed by atoms with E-state index in [-0.39, 0.29) is 24.5 Å². The van der Waals surface area contributed by atoms with Crippen LogP contribution in [0.1, 0.15) is 36.8 Å². The summed E-state index contributed by atoms with van der Waals surface area (Å²) in [5, 5.41) is 8.81. The van der Waals surface area contributed by atoms with E-state index in [1.807, 2.05) is 6.92 Å². The van der Waals surface area contributed by atoms with Crippen molar-refractivity contribution in [2.24, 2.45) is 0 Å². The van der Waals surface area contributed by atoms with Crippen LogP contribution in [0.2, 0.25) is 0 Å². The Morgan fingerprint density at radius 3 is 2.65 bits per heavy atom. The number of aliphatic hydroxyl groups is 1. The van der Waals surface area contributed by atoms with Crippen LogP contribution in [0.15, 0.2) is 4.79 Å². The lowest BCUT2D eigenvalue weighted by atomic mass is 10.1. The van der Waals surface area contributed by atoms with Crippen molar-refractivity contribution in [3.05, 3.63) is 27.4 Å². The summed E-state index contributed by atoms with van der Waals surface area (Å²) in [6.45, 7) is 6.65. The van der Waals surface area contributed by atoms with Gasteiger partial charge in [-0.2, -0.15) is 0 Å². The summed E-state index contributed by atoms with van der Waals surface area (Å²) < 4.78 is 0. The third-order valence-electron chi connectivity index (χ3n) is 3.25. The van der Waals surface area contributed by atoms with Gasteiger partial charge in [-0.25, -0.2) is 4.98 Å². The molecule has 0 fully saturated rings. The van der Waals surface area contributed by atoms with Gasteiger partial charge in [0.15, 0.2) is 0 Å². The molecule has 0 saturated heterocycles. The second-order valence-corrected chi connectivity index (χ2v) is 4.77. The average molecular weight is 281 g/mol. The molecule has 0 aliphatic rings. The standard InChI is InChI=1S/C14H23N3O3/c1-4-17(8-5-9-18)13(19)7-6-12-10(2)15-11(3)16-14(12)20/h18H,4-9H2,1-3H3,(H,15,16,20). The van der Waals surface area contributed by atoms with Crippen molar-refractivity contribution < 1.29 is 9.90 Å². The first-order valence-corrected chi connectivity index (χ1v) is 6.94. The lowest BCUT2D eigenvalue weighted by Gasteiger charge is -2.20. The maximum Gasteiger partial charge on any atom is 0.254 e. The van der Waals surface area contributed by atoms with Gasteiger partial charge in [0.1, 0.15) is 5.82 Å². The largest absolute Gasteiger partial charge is 0.396 e. The summed E-state index contributed by atoms with van der Waals surface area (Å²) >= 11 is 0. The van der Waals surface area contributed by atoms with E-state index in [2.05, 4.69) is 9.97 Å². The van der Waals surface area contributed by atoms with Gasteiger partial charge in [-0.3, -0.25) is 9.59 Å². The van der Waals surface area contributed by atoms with E-state index in [1.165, 1.54) is 0 Å². The molecule has 2 N–H and O–H groups in total. The van der Waals surface area contributed by atoms with Gasteiger partial charge in [-0.15, -0.1) is 0 Å². The van der Waals surface area contributed by atoms with Gasteiger partial charge >= 0.3 is 0 Å².